The van der Waals surface area contributed by atoms with Crippen molar-refractivity contribution in [2.45, 2.75) is 13.0 Å². The van der Waals surface area contributed by atoms with Crippen LogP contribution in [-0.2, 0) is 11.3 Å². The molecule has 3 aromatic rings. The van der Waals surface area contributed by atoms with Gasteiger partial charge in [-0.2, -0.15) is 0 Å². The van der Waals surface area contributed by atoms with Crippen LogP contribution in [0, 0.1) is 5.82 Å². The van der Waals surface area contributed by atoms with E-state index in [2.05, 4.69) is 5.32 Å². The van der Waals surface area contributed by atoms with Gasteiger partial charge in [0.15, 0.2) is 0 Å². The Kier molecular flexibility index (Phi) is 6.85. The van der Waals surface area contributed by atoms with Gasteiger partial charge in [-0.3, -0.25) is 0 Å². The van der Waals surface area contributed by atoms with Crippen LogP contribution in [0.15, 0.2) is 66.7 Å². The van der Waals surface area contributed by atoms with E-state index >= 15 is 0 Å². The largest absolute Gasteiger partial charge is 0.497 e. The van der Waals surface area contributed by atoms with Crippen molar-refractivity contribution in [1.29, 1.82) is 0 Å². The Morgan fingerprint density at radius 2 is 1.74 bits per heavy atom. The first-order chi connectivity index (χ1) is 15.2. The molecule has 31 heavy (non-hydrogen) atoms. The number of benzene rings is 3. The average molecular weight is 419 g/mol. The van der Waals surface area contributed by atoms with Gasteiger partial charge in [0.2, 0.25) is 0 Å². The molecule has 0 fully saturated rings. The van der Waals surface area contributed by atoms with Gasteiger partial charge in [0, 0.05) is 18.5 Å². The van der Waals surface area contributed by atoms with E-state index in [-0.39, 0.29) is 5.82 Å². The lowest BCUT2D eigenvalue weighted by atomic mass is 9.97. The third-order valence-electron chi connectivity index (χ3n) is 5.19. The van der Waals surface area contributed by atoms with Crippen molar-refractivity contribution in [1.82, 2.24) is 0 Å². The molecule has 0 atom stereocenters. The highest BCUT2D eigenvalue weighted by Gasteiger charge is 2.19. The quantitative estimate of drug-likeness (QED) is 0.446. The molecule has 4 nitrogen and oxygen atoms in total. The Labute approximate surface area is 182 Å². The van der Waals surface area contributed by atoms with Crippen molar-refractivity contribution in [2.24, 2.45) is 0 Å². The maximum atomic E-state index is 14.5. The van der Waals surface area contributed by atoms with Crippen molar-refractivity contribution in [3.8, 4) is 11.5 Å². The van der Waals surface area contributed by atoms with Gasteiger partial charge in [0.05, 0.1) is 32.6 Å². The molecule has 1 aliphatic heterocycles. The summed E-state index contributed by atoms with van der Waals surface area (Å²) in [5, 5.41) is 3.33. The molecule has 0 aromatic heterocycles. The van der Waals surface area contributed by atoms with Gasteiger partial charge >= 0.3 is 0 Å². The second-order valence-electron chi connectivity index (χ2n) is 7.33. The van der Waals surface area contributed by atoms with Crippen LogP contribution in [0.3, 0.4) is 0 Å². The van der Waals surface area contributed by atoms with Crippen molar-refractivity contribution in [2.75, 3.05) is 32.2 Å². The Hall–Kier alpha value is -3.31. The van der Waals surface area contributed by atoms with Crippen molar-refractivity contribution in [3.63, 3.8) is 0 Å². The first kappa shape index (κ1) is 20.9. The van der Waals surface area contributed by atoms with Gasteiger partial charge in [-0.25, -0.2) is 4.39 Å². The highest BCUT2D eigenvalue weighted by atomic mass is 19.1. The molecule has 0 unspecified atom stereocenters. The van der Waals surface area contributed by atoms with Crippen LogP contribution in [0.25, 0.3) is 11.6 Å². The average Bonchev–Trinajstić information content (AvgIpc) is 2.83. The van der Waals surface area contributed by atoms with Crippen LogP contribution in [-0.4, -0.2) is 26.9 Å². The first-order valence-corrected chi connectivity index (χ1v) is 10.4. The Morgan fingerprint density at radius 1 is 0.935 bits per heavy atom. The van der Waals surface area contributed by atoms with E-state index in [9.17, 15) is 4.39 Å². The zero-order valence-electron chi connectivity index (χ0n) is 17.6. The summed E-state index contributed by atoms with van der Waals surface area (Å²) in [5.74, 6) is 1.18. The molecule has 4 rings (SSSR count). The number of hydrogen-bond acceptors (Lipinski definition) is 4. The van der Waals surface area contributed by atoms with Crippen molar-refractivity contribution >= 4 is 17.3 Å². The van der Waals surface area contributed by atoms with E-state index in [4.69, 9.17) is 14.2 Å². The van der Waals surface area contributed by atoms with E-state index in [0.29, 0.717) is 43.4 Å². The zero-order valence-corrected chi connectivity index (χ0v) is 17.6. The number of methoxy groups -OCH3 is 1. The fraction of sp³-hybridized carbons (Fsp3) is 0.231. The zero-order chi connectivity index (χ0) is 21.5. The molecule has 0 radical (unpaired) electrons. The smallest absolute Gasteiger partial charge is 0.143 e. The molecule has 1 N–H and O–H groups in total. The lowest BCUT2D eigenvalue weighted by molar-refractivity contribution is 0.107. The third-order valence-corrected chi connectivity index (χ3v) is 5.19. The van der Waals surface area contributed by atoms with E-state index in [1.54, 1.807) is 13.2 Å². The van der Waals surface area contributed by atoms with Gasteiger partial charge in [-0.1, -0.05) is 42.5 Å². The number of ether oxygens (including phenoxy) is 3. The maximum absolute atomic E-state index is 14.5. The van der Waals surface area contributed by atoms with Crippen LogP contribution in [0.2, 0.25) is 0 Å². The Bertz CT molecular complexity index is 1030. The van der Waals surface area contributed by atoms with Crippen LogP contribution in [0.4, 0.5) is 10.1 Å². The molecule has 0 amide bonds. The van der Waals surface area contributed by atoms with Gasteiger partial charge in [-0.15, -0.1) is 0 Å². The van der Waals surface area contributed by atoms with Gasteiger partial charge in [0.25, 0.3) is 0 Å². The highest BCUT2D eigenvalue weighted by molar-refractivity contribution is 5.92. The molecular weight excluding hydrogens is 393 g/mol. The molecular formula is C26H26FNO3. The number of anilines is 1. The minimum absolute atomic E-state index is 0.272. The summed E-state index contributed by atoms with van der Waals surface area (Å²) in [7, 11) is 1.64. The van der Waals surface area contributed by atoms with E-state index in [1.807, 2.05) is 60.7 Å². The summed E-state index contributed by atoms with van der Waals surface area (Å²) in [5.41, 5.74) is 4.41. The summed E-state index contributed by atoms with van der Waals surface area (Å²) < 4.78 is 31.4. The minimum Gasteiger partial charge on any atom is -0.497 e. The summed E-state index contributed by atoms with van der Waals surface area (Å²) in [6.07, 6.45) is 2.64. The molecule has 1 aliphatic rings. The molecule has 3 aromatic carbocycles. The van der Waals surface area contributed by atoms with Gasteiger partial charge in [0.1, 0.15) is 17.3 Å². The molecule has 0 aliphatic carbocycles. The maximum Gasteiger partial charge on any atom is 0.143 e. The normalized spacial score (nSPS) is 12.5. The van der Waals surface area contributed by atoms with Gasteiger partial charge < -0.3 is 19.5 Å². The van der Waals surface area contributed by atoms with Crippen LogP contribution in [0.5, 0.6) is 11.5 Å². The van der Waals surface area contributed by atoms with E-state index < -0.39 is 0 Å². The number of halogens is 1. The Balaban J connectivity index is 1.36. The number of rotatable bonds is 9. The second-order valence-corrected chi connectivity index (χ2v) is 7.33. The van der Waals surface area contributed by atoms with E-state index in [1.165, 1.54) is 6.07 Å². The SMILES string of the molecule is COc1ccc(C2=Cc3c(F)ccc(OCCCOCc4ccccc4)c3NC2)cc1. The third kappa shape index (κ3) is 5.25. The predicted molar refractivity (Wildman–Crippen MR) is 122 cm³/mol. The summed E-state index contributed by atoms with van der Waals surface area (Å²) >= 11 is 0. The number of nitrogens with one attached hydrogen (secondary N) is 1. The number of hydrogen-bond donors (Lipinski definition) is 1. The Morgan fingerprint density at radius 3 is 2.52 bits per heavy atom. The summed E-state index contributed by atoms with van der Waals surface area (Å²) in [6.45, 7) is 2.30. The molecule has 160 valence electrons. The lowest BCUT2D eigenvalue weighted by Gasteiger charge is -2.22. The predicted octanol–water partition coefficient (Wildman–Crippen LogP) is 5.79. The van der Waals surface area contributed by atoms with E-state index in [0.717, 1.165) is 28.9 Å². The fourth-order valence-electron chi connectivity index (χ4n) is 3.52. The first-order valence-electron chi connectivity index (χ1n) is 10.4. The van der Waals surface area contributed by atoms with Gasteiger partial charge in [-0.05, 0) is 47.0 Å². The molecule has 0 spiro atoms. The van der Waals surface area contributed by atoms with Crippen LogP contribution >= 0.6 is 0 Å². The van der Waals surface area contributed by atoms with Crippen molar-refractivity contribution < 1.29 is 18.6 Å². The van der Waals surface area contributed by atoms with Crippen molar-refractivity contribution in [3.05, 3.63) is 89.2 Å². The van der Waals surface area contributed by atoms with Crippen LogP contribution in [0.1, 0.15) is 23.1 Å². The highest BCUT2D eigenvalue weighted by Crippen LogP contribution is 2.37. The minimum atomic E-state index is -0.272. The monoisotopic (exact) mass is 419 g/mol. The molecule has 0 saturated carbocycles. The number of fused-ring (bicyclic) bond motifs is 1. The molecule has 0 bridgehead atoms. The second kappa shape index (κ2) is 10.1. The van der Waals surface area contributed by atoms with Crippen LogP contribution < -0.4 is 14.8 Å². The standard InChI is InChI=1S/C26H26FNO3/c1-29-22-10-8-20(9-11-22)21-16-23-24(27)12-13-25(26(23)28-17-21)31-15-5-14-30-18-19-6-3-2-4-7-19/h2-4,6-13,16,28H,5,14-15,17-18H2,1H3. The topological polar surface area (TPSA) is 39.7 Å². The molecule has 0 saturated heterocycles. The lowest BCUT2D eigenvalue weighted by Crippen LogP contribution is -2.13. The molecule has 5 heteroatoms. The fourth-order valence-corrected chi connectivity index (χ4v) is 3.52. The summed E-state index contributed by atoms with van der Waals surface area (Å²) in [6, 6.07) is 21.0. The molecule has 1 heterocycles. The summed E-state index contributed by atoms with van der Waals surface area (Å²) in [4.78, 5) is 0.